The van der Waals surface area contributed by atoms with Crippen LogP contribution in [0.3, 0.4) is 0 Å². The fourth-order valence-electron chi connectivity index (χ4n) is 3.89. The molecule has 5 nitrogen and oxygen atoms in total. The minimum atomic E-state index is -0.853. The first-order chi connectivity index (χ1) is 13.5. The van der Waals surface area contributed by atoms with Gasteiger partial charge in [-0.15, -0.1) is 0 Å². The van der Waals surface area contributed by atoms with Crippen molar-refractivity contribution in [3.05, 3.63) is 59.7 Å². The maximum Gasteiger partial charge on any atom is 0.407 e. The number of carbonyl (C=O) groups is 1. The summed E-state index contributed by atoms with van der Waals surface area (Å²) in [5.41, 5.74) is 2.41. The summed E-state index contributed by atoms with van der Waals surface area (Å²) >= 11 is 0. The van der Waals surface area contributed by atoms with E-state index >= 15 is 0 Å². The summed E-state index contributed by atoms with van der Waals surface area (Å²) in [5.74, 6) is 2.29. The van der Waals surface area contributed by atoms with Gasteiger partial charge in [0.15, 0.2) is 11.5 Å². The van der Waals surface area contributed by atoms with E-state index in [1.807, 2.05) is 24.3 Å². The molecule has 5 heteroatoms. The molecule has 0 saturated carbocycles. The van der Waals surface area contributed by atoms with E-state index in [-0.39, 0.29) is 11.8 Å². The molecule has 1 heterocycles. The first-order valence-corrected chi connectivity index (χ1v) is 9.83. The van der Waals surface area contributed by atoms with Crippen LogP contribution in [0.15, 0.2) is 48.5 Å². The molecule has 1 saturated heterocycles. The van der Waals surface area contributed by atoms with Gasteiger partial charge in [0.25, 0.3) is 0 Å². The molecule has 3 atom stereocenters. The van der Waals surface area contributed by atoms with Crippen LogP contribution < -0.4 is 9.47 Å². The number of rotatable bonds is 7. The number of amides is 1. The quantitative estimate of drug-likeness (QED) is 0.732. The lowest BCUT2D eigenvalue weighted by Gasteiger charge is -2.18. The Balaban J connectivity index is 1.67. The first kappa shape index (κ1) is 20.1. The maximum absolute atomic E-state index is 11.3. The van der Waals surface area contributed by atoms with Crippen molar-refractivity contribution >= 4 is 6.09 Å². The van der Waals surface area contributed by atoms with Crippen LogP contribution in [-0.4, -0.2) is 42.9 Å². The lowest BCUT2D eigenvalue weighted by molar-refractivity contribution is 0.154. The zero-order chi connectivity index (χ0) is 20.1. The summed E-state index contributed by atoms with van der Waals surface area (Å²) < 4.78 is 11.5. The third-order valence-electron chi connectivity index (χ3n) is 5.68. The van der Waals surface area contributed by atoms with Crippen molar-refractivity contribution in [2.75, 3.05) is 26.8 Å². The summed E-state index contributed by atoms with van der Waals surface area (Å²) in [4.78, 5) is 12.8. The fraction of sp³-hybridized carbons (Fsp3) is 0.435. The molecule has 0 bridgehead atoms. The molecule has 3 rings (SSSR count). The predicted molar refractivity (Wildman–Crippen MR) is 109 cm³/mol. The molecule has 2 aromatic rings. The van der Waals surface area contributed by atoms with Crippen molar-refractivity contribution in [2.45, 2.75) is 32.1 Å². The molecule has 0 spiro atoms. The molecule has 1 unspecified atom stereocenters. The average molecular weight is 383 g/mol. The second-order valence-corrected chi connectivity index (χ2v) is 7.63. The molecule has 1 N–H and O–H groups in total. The summed E-state index contributed by atoms with van der Waals surface area (Å²) in [6, 6.07) is 16.4. The van der Waals surface area contributed by atoms with Crippen molar-refractivity contribution in [1.29, 1.82) is 0 Å². The van der Waals surface area contributed by atoms with Crippen molar-refractivity contribution < 1.29 is 19.4 Å². The second kappa shape index (κ2) is 9.00. The molecule has 1 fully saturated rings. The van der Waals surface area contributed by atoms with Gasteiger partial charge in [0.1, 0.15) is 0 Å². The van der Waals surface area contributed by atoms with E-state index in [9.17, 15) is 9.90 Å². The molecule has 2 aromatic carbocycles. The summed E-state index contributed by atoms with van der Waals surface area (Å²) in [6.45, 7) is 5.98. The van der Waals surface area contributed by atoms with E-state index in [4.69, 9.17) is 9.47 Å². The summed E-state index contributed by atoms with van der Waals surface area (Å²) in [5, 5.41) is 9.28. The van der Waals surface area contributed by atoms with E-state index in [1.165, 1.54) is 10.5 Å². The molecule has 150 valence electrons. The van der Waals surface area contributed by atoms with Crippen LogP contribution in [0.25, 0.3) is 0 Å². The van der Waals surface area contributed by atoms with Crippen LogP contribution in [0, 0.1) is 5.92 Å². The Labute approximate surface area is 166 Å². The SMILES string of the molecule is COc1ccc([C@H]2CN(C(=O)O)C[C@H]2C)cc1OCCC(C)c1ccccc1. The molecule has 1 aliphatic rings. The third-order valence-corrected chi connectivity index (χ3v) is 5.68. The van der Waals surface area contributed by atoms with E-state index in [0.717, 1.165) is 17.7 Å². The van der Waals surface area contributed by atoms with Gasteiger partial charge in [0.2, 0.25) is 0 Å². The number of nitrogens with zero attached hydrogens (tertiary/aromatic N) is 1. The second-order valence-electron chi connectivity index (χ2n) is 7.63. The van der Waals surface area contributed by atoms with Crippen LogP contribution in [0.4, 0.5) is 4.79 Å². The molecule has 1 amide bonds. The maximum atomic E-state index is 11.3. The van der Waals surface area contributed by atoms with Gasteiger partial charge < -0.3 is 19.5 Å². The van der Waals surface area contributed by atoms with Gasteiger partial charge in [-0.1, -0.05) is 50.2 Å². The Morgan fingerprint density at radius 1 is 1.18 bits per heavy atom. The Morgan fingerprint density at radius 3 is 2.57 bits per heavy atom. The summed E-state index contributed by atoms with van der Waals surface area (Å²) in [6.07, 6.45) is 0.0542. The number of hydrogen-bond donors (Lipinski definition) is 1. The third kappa shape index (κ3) is 4.58. The number of likely N-dealkylation sites (tertiary alicyclic amines) is 1. The number of hydrogen-bond acceptors (Lipinski definition) is 3. The standard InChI is InChI=1S/C23H29NO4/c1-16(18-7-5-4-6-8-18)11-12-28-22-13-19(9-10-21(22)27-3)20-15-24(23(25)26)14-17(20)2/h4-10,13,16-17,20H,11-12,14-15H2,1-3H3,(H,25,26)/t16?,17-,20+/m1/s1. The fourth-order valence-corrected chi connectivity index (χ4v) is 3.89. The number of carboxylic acid groups (broad SMARTS) is 1. The monoisotopic (exact) mass is 383 g/mol. The van der Waals surface area contributed by atoms with Crippen LogP contribution in [-0.2, 0) is 0 Å². The smallest absolute Gasteiger partial charge is 0.407 e. The molecule has 0 aliphatic carbocycles. The van der Waals surface area contributed by atoms with Crippen molar-refractivity contribution in [3.63, 3.8) is 0 Å². The van der Waals surface area contributed by atoms with Gasteiger partial charge >= 0.3 is 6.09 Å². The van der Waals surface area contributed by atoms with E-state index in [2.05, 4.69) is 38.1 Å². The lowest BCUT2D eigenvalue weighted by Crippen LogP contribution is -2.26. The highest BCUT2D eigenvalue weighted by Gasteiger charge is 2.33. The highest BCUT2D eigenvalue weighted by atomic mass is 16.5. The molecular formula is C23H29NO4. The highest BCUT2D eigenvalue weighted by molar-refractivity contribution is 5.65. The van der Waals surface area contributed by atoms with Gasteiger partial charge in [-0.2, -0.15) is 0 Å². The molecule has 28 heavy (non-hydrogen) atoms. The Morgan fingerprint density at radius 2 is 1.93 bits per heavy atom. The molecule has 1 aliphatic heterocycles. The molecule has 0 aromatic heterocycles. The normalized spacial score (nSPS) is 20.0. The van der Waals surface area contributed by atoms with Crippen LogP contribution in [0.1, 0.15) is 43.2 Å². The largest absolute Gasteiger partial charge is 0.493 e. The van der Waals surface area contributed by atoms with Gasteiger partial charge in [0.05, 0.1) is 13.7 Å². The minimum Gasteiger partial charge on any atom is -0.493 e. The molecular weight excluding hydrogens is 354 g/mol. The van der Waals surface area contributed by atoms with Gasteiger partial charge in [0, 0.05) is 19.0 Å². The number of benzene rings is 2. The van der Waals surface area contributed by atoms with Crippen molar-refractivity contribution in [1.82, 2.24) is 4.90 Å². The van der Waals surface area contributed by atoms with E-state index < -0.39 is 6.09 Å². The van der Waals surface area contributed by atoms with Crippen molar-refractivity contribution in [3.8, 4) is 11.5 Å². The van der Waals surface area contributed by atoms with Gasteiger partial charge in [-0.05, 0) is 41.5 Å². The average Bonchev–Trinajstić information content (AvgIpc) is 3.10. The number of ether oxygens (including phenoxy) is 2. The van der Waals surface area contributed by atoms with E-state index in [1.54, 1.807) is 7.11 Å². The summed E-state index contributed by atoms with van der Waals surface area (Å²) in [7, 11) is 1.64. The molecule has 0 radical (unpaired) electrons. The minimum absolute atomic E-state index is 0.174. The van der Waals surface area contributed by atoms with Crippen LogP contribution >= 0.6 is 0 Å². The van der Waals surface area contributed by atoms with Gasteiger partial charge in [-0.3, -0.25) is 0 Å². The van der Waals surface area contributed by atoms with Crippen molar-refractivity contribution in [2.24, 2.45) is 5.92 Å². The van der Waals surface area contributed by atoms with E-state index in [0.29, 0.717) is 31.4 Å². The first-order valence-electron chi connectivity index (χ1n) is 9.83. The van der Waals surface area contributed by atoms with Gasteiger partial charge in [-0.25, -0.2) is 4.79 Å². The lowest BCUT2D eigenvalue weighted by atomic mass is 9.90. The predicted octanol–water partition coefficient (Wildman–Crippen LogP) is 4.98. The van der Waals surface area contributed by atoms with Crippen LogP contribution in [0.5, 0.6) is 11.5 Å². The Bertz CT molecular complexity index is 792. The Hall–Kier alpha value is -2.69. The number of methoxy groups -OCH3 is 1. The Kier molecular flexibility index (Phi) is 6.45. The topological polar surface area (TPSA) is 59.0 Å². The zero-order valence-corrected chi connectivity index (χ0v) is 16.8. The highest BCUT2D eigenvalue weighted by Crippen LogP contribution is 2.37. The van der Waals surface area contributed by atoms with Crippen LogP contribution in [0.2, 0.25) is 0 Å². The zero-order valence-electron chi connectivity index (χ0n) is 16.8.